The van der Waals surface area contributed by atoms with Crippen molar-refractivity contribution in [1.29, 1.82) is 0 Å². The first-order valence-corrected chi connectivity index (χ1v) is 5.89. The van der Waals surface area contributed by atoms with Gasteiger partial charge in [-0.15, -0.1) is 0 Å². The summed E-state index contributed by atoms with van der Waals surface area (Å²) in [5.41, 5.74) is 0. The maximum Gasteiger partial charge on any atom is 0.317 e. The van der Waals surface area contributed by atoms with Crippen LogP contribution in [0.3, 0.4) is 0 Å². The summed E-state index contributed by atoms with van der Waals surface area (Å²) in [6.45, 7) is 1.32. The summed E-state index contributed by atoms with van der Waals surface area (Å²) in [7, 11) is 0. The molecule has 0 radical (unpaired) electrons. The van der Waals surface area contributed by atoms with E-state index in [-0.39, 0.29) is 6.54 Å². The molecule has 1 aromatic carbocycles. The zero-order chi connectivity index (χ0) is 12.1. The van der Waals surface area contributed by atoms with Gasteiger partial charge < -0.3 is 9.84 Å². The lowest BCUT2D eigenvalue weighted by Gasteiger charge is -2.19. The van der Waals surface area contributed by atoms with Gasteiger partial charge in [0.1, 0.15) is 12.4 Å². The molecule has 17 heavy (non-hydrogen) atoms. The van der Waals surface area contributed by atoms with Crippen LogP contribution < -0.4 is 4.74 Å². The number of nitrogens with zero attached hydrogens (tertiary/aromatic N) is 1. The van der Waals surface area contributed by atoms with Gasteiger partial charge in [-0.25, -0.2) is 0 Å². The summed E-state index contributed by atoms with van der Waals surface area (Å²) in [4.78, 5) is 12.7. The number of para-hydroxylation sites is 1. The Morgan fingerprint density at radius 3 is 2.65 bits per heavy atom. The SMILES string of the molecule is O=C(O)CN(CCOc1ccccc1)C1CC1. The summed E-state index contributed by atoms with van der Waals surface area (Å²) >= 11 is 0. The molecule has 0 aliphatic heterocycles. The topological polar surface area (TPSA) is 49.8 Å². The Hall–Kier alpha value is -1.55. The molecule has 0 amide bonds. The van der Waals surface area contributed by atoms with E-state index >= 15 is 0 Å². The van der Waals surface area contributed by atoms with Gasteiger partial charge in [-0.2, -0.15) is 0 Å². The van der Waals surface area contributed by atoms with E-state index in [4.69, 9.17) is 9.84 Å². The molecule has 4 heteroatoms. The lowest BCUT2D eigenvalue weighted by atomic mass is 10.3. The fourth-order valence-electron chi connectivity index (χ4n) is 1.80. The Kier molecular flexibility index (Phi) is 3.98. The summed E-state index contributed by atoms with van der Waals surface area (Å²) < 4.78 is 5.56. The highest BCUT2D eigenvalue weighted by atomic mass is 16.5. The number of carboxylic acid groups (broad SMARTS) is 1. The molecule has 1 N–H and O–H groups in total. The normalized spacial score (nSPS) is 14.9. The number of hydrogen-bond acceptors (Lipinski definition) is 3. The van der Waals surface area contributed by atoms with Crippen LogP contribution >= 0.6 is 0 Å². The van der Waals surface area contributed by atoms with Crippen LogP contribution in [-0.2, 0) is 4.79 Å². The van der Waals surface area contributed by atoms with E-state index in [1.807, 2.05) is 35.2 Å². The third-order valence-electron chi connectivity index (χ3n) is 2.79. The van der Waals surface area contributed by atoms with E-state index in [2.05, 4.69) is 0 Å². The molecule has 1 fully saturated rings. The fraction of sp³-hybridized carbons (Fsp3) is 0.462. The number of ether oxygens (including phenoxy) is 1. The van der Waals surface area contributed by atoms with Crippen LogP contribution in [0.25, 0.3) is 0 Å². The molecule has 1 saturated carbocycles. The maximum atomic E-state index is 10.7. The van der Waals surface area contributed by atoms with Gasteiger partial charge in [0.05, 0.1) is 6.54 Å². The van der Waals surface area contributed by atoms with Gasteiger partial charge >= 0.3 is 5.97 Å². The zero-order valence-electron chi connectivity index (χ0n) is 9.71. The lowest BCUT2D eigenvalue weighted by Crippen LogP contribution is -2.35. The molecule has 0 unspecified atom stereocenters. The Morgan fingerprint density at radius 2 is 2.06 bits per heavy atom. The molecular formula is C13H17NO3. The molecule has 1 aromatic rings. The van der Waals surface area contributed by atoms with Gasteiger partial charge in [0.25, 0.3) is 0 Å². The maximum absolute atomic E-state index is 10.7. The first kappa shape index (κ1) is 11.9. The first-order chi connectivity index (χ1) is 8.25. The van der Waals surface area contributed by atoms with Crippen molar-refractivity contribution in [3.05, 3.63) is 30.3 Å². The second kappa shape index (κ2) is 5.68. The standard InChI is InChI=1S/C13H17NO3/c15-13(16)10-14(11-6-7-11)8-9-17-12-4-2-1-3-5-12/h1-5,11H,6-10H2,(H,15,16). The fourth-order valence-corrected chi connectivity index (χ4v) is 1.80. The third kappa shape index (κ3) is 4.07. The van der Waals surface area contributed by atoms with Gasteiger partial charge in [0.2, 0.25) is 0 Å². The van der Waals surface area contributed by atoms with Crippen molar-refractivity contribution in [3.8, 4) is 5.75 Å². The Labute approximate surface area is 101 Å². The molecule has 1 aliphatic carbocycles. The lowest BCUT2D eigenvalue weighted by molar-refractivity contribution is -0.138. The third-order valence-corrected chi connectivity index (χ3v) is 2.79. The minimum absolute atomic E-state index is 0.114. The number of carbonyl (C=O) groups is 1. The average molecular weight is 235 g/mol. The summed E-state index contributed by atoms with van der Waals surface area (Å²) in [5.74, 6) is 0.0650. The summed E-state index contributed by atoms with van der Waals surface area (Å²) in [6, 6.07) is 10.0. The number of aliphatic carboxylic acids is 1. The quantitative estimate of drug-likeness (QED) is 0.780. The van der Waals surface area contributed by atoms with Crippen molar-refractivity contribution in [2.45, 2.75) is 18.9 Å². The Bertz CT molecular complexity index is 362. The average Bonchev–Trinajstić information content (AvgIpc) is 3.12. The molecule has 0 aromatic heterocycles. The predicted molar refractivity (Wildman–Crippen MR) is 64.2 cm³/mol. The van der Waals surface area contributed by atoms with E-state index < -0.39 is 5.97 Å². The molecule has 92 valence electrons. The molecule has 1 aliphatic rings. The summed E-state index contributed by atoms with van der Waals surface area (Å²) in [5, 5.41) is 8.79. The highest BCUT2D eigenvalue weighted by Crippen LogP contribution is 2.26. The largest absolute Gasteiger partial charge is 0.492 e. The van der Waals surface area contributed by atoms with Crippen molar-refractivity contribution in [2.75, 3.05) is 19.7 Å². The molecule has 0 bridgehead atoms. The van der Waals surface area contributed by atoms with Crippen molar-refractivity contribution in [2.24, 2.45) is 0 Å². The van der Waals surface area contributed by atoms with Crippen LogP contribution in [0.1, 0.15) is 12.8 Å². The van der Waals surface area contributed by atoms with Gasteiger partial charge in [0, 0.05) is 12.6 Å². The van der Waals surface area contributed by atoms with Gasteiger partial charge in [-0.1, -0.05) is 18.2 Å². The molecule has 0 saturated heterocycles. The van der Waals surface area contributed by atoms with Crippen LogP contribution in [0.5, 0.6) is 5.75 Å². The smallest absolute Gasteiger partial charge is 0.317 e. The van der Waals surface area contributed by atoms with Crippen LogP contribution in [0.2, 0.25) is 0 Å². The van der Waals surface area contributed by atoms with E-state index in [0.717, 1.165) is 18.6 Å². The minimum atomic E-state index is -0.767. The van der Waals surface area contributed by atoms with Gasteiger partial charge in [0.15, 0.2) is 0 Å². The zero-order valence-corrected chi connectivity index (χ0v) is 9.71. The molecule has 0 heterocycles. The minimum Gasteiger partial charge on any atom is -0.492 e. The van der Waals surface area contributed by atoms with E-state index in [9.17, 15) is 4.79 Å². The van der Waals surface area contributed by atoms with Crippen LogP contribution in [0, 0.1) is 0 Å². The Morgan fingerprint density at radius 1 is 1.35 bits per heavy atom. The van der Waals surface area contributed by atoms with Crippen LogP contribution in [0.15, 0.2) is 30.3 Å². The molecule has 4 nitrogen and oxygen atoms in total. The molecule has 0 spiro atoms. The monoisotopic (exact) mass is 235 g/mol. The van der Waals surface area contributed by atoms with E-state index in [1.165, 1.54) is 0 Å². The van der Waals surface area contributed by atoms with E-state index in [1.54, 1.807) is 0 Å². The highest BCUT2D eigenvalue weighted by Gasteiger charge is 2.29. The molecule has 2 rings (SSSR count). The summed E-state index contributed by atoms with van der Waals surface area (Å²) in [6.07, 6.45) is 2.22. The van der Waals surface area contributed by atoms with E-state index in [0.29, 0.717) is 19.2 Å². The van der Waals surface area contributed by atoms with Gasteiger partial charge in [-0.05, 0) is 25.0 Å². The number of carboxylic acids is 1. The second-order valence-electron chi connectivity index (χ2n) is 4.26. The van der Waals surface area contributed by atoms with Crippen molar-refractivity contribution >= 4 is 5.97 Å². The van der Waals surface area contributed by atoms with Crippen molar-refractivity contribution < 1.29 is 14.6 Å². The predicted octanol–water partition coefficient (Wildman–Crippen LogP) is 1.61. The van der Waals surface area contributed by atoms with Gasteiger partial charge in [-0.3, -0.25) is 9.69 Å². The van der Waals surface area contributed by atoms with Crippen LogP contribution in [-0.4, -0.2) is 41.7 Å². The molecular weight excluding hydrogens is 218 g/mol. The highest BCUT2D eigenvalue weighted by molar-refractivity contribution is 5.69. The number of benzene rings is 1. The van der Waals surface area contributed by atoms with Crippen molar-refractivity contribution in [1.82, 2.24) is 4.90 Å². The number of rotatable bonds is 7. The Balaban J connectivity index is 1.74. The van der Waals surface area contributed by atoms with Crippen molar-refractivity contribution in [3.63, 3.8) is 0 Å². The van der Waals surface area contributed by atoms with Crippen LogP contribution in [0.4, 0.5) is 0 Å². The number of hydrogen-bond donors (Lipinski definition) is 1. The molecule has 0 atom stereocenters. The first-order valence-electron chi connectivity index (χ1n) is 5.89. The second-order valence-corrected chi connectivity index (χ2v) is 4.26.